The Bertz CT molecular complexity index is 1260. The number of benzene rings is 3. The van der Waals surface area contributed by atoms with E-state index in [0.29, 0.717) is 15.7 Å². The fourth-order valence-electron chi connectivity index (χ4n) is 2.86. The smallest absolute Gasteiger partial charge is 0.280 e. The summed E-state index contributed by atoms with van der Waals surface area (Å²) in [6, 6.07) is 15.4. The minimum Gasteiger partial charge on any atom is -0.485 e. The Morgan fingerprint density at radius 2 is 1.62 bits per heavy atom. The maximum atomic E-state index is 14.2. The van der Waals surface area contributed by atoms with E-state index >= 15 is 0 Å². The number of carbonyl (C=O) groups is 1. The average Bonchev–Trinajstić information content (AvgIpc) is 3.20. The Labute approximate surface area is 189 Å². The molecule has 0 radical (unpaired) electrons. The van der Waals surface area contributed by atoms with Gasteiger partial charge in [0.1, 0.15) is 24.1 Å². The molecule has 0 saturated carbocycles. The molecule has 0 unspecified atom stereocenters. The number of anilines is 1. The van der Waals surface area contributed by atoms with Crippen LogP contribution in [-0.4, -0.2) is 15.7 Å². The number of hydrogen-bond donors (Lipinski definition) is 1. The Balaban J connectivity index is 1.63. The first-order chi connectivity index (χ1) is 15.4. The fraction of sp³-hybridized carbons (Fsp3) is 0.0435. The third-order valence-corrected chi connectivity index (χ3v) is 4.97. The number of nitrogens with zero attached hydrogens (tertiary/aromatic N) is 2. The molecule has 4 aromatic rings. The molecular formula is C23H15BrF3N3O2. The highest BCUT2D eigenvalue weighted by Gasteiger charge is 2.21. The summed E-state index contributed by atoms with van der Waals surface area (Å²) in [7, 11) is 0. The molecular weight excluding hydrogens is 487 g/mol. The standard InChI is InChI=1S/C23H15BrF3N3O2/c24-15-3-10-20(19(27)11-15)28-23(31)22-21(32-13-14-1-4-16(25)5-2-14)12-30(29-22)18-8-6-17(26)7-9-18/h1-12H,13H2,(H,28,31). The fourth-order valence-corrected chi connectivity index (χ4v) is 3.19. The van der Waals surface area contributed by atoms with E-state index in [0.717, 1.165) is 0 Å². The van der Waals surface area contributed by atoms with Crippen LogP contribution in [0.5, 0.6) is 5.75 Å². The first kappa shape index (κ1) is 21.6. The van der Waals surface area contributed by atoms with E-state index in [9.17, 15) is 18.0 Å². The van der Waals surface area contributed by atoms with Crippen LogP contribution >= 0.6 is 15.9 Å². The van der Waals surface area contributed by atoms with Crippen LogP contribution in [0, 0.1) is 17.5 Å². The molecule has 1 heterocycles. The molecule has 0 atom stereocenters. The third-order valence-electron chi connectivity index (χ3n) is 4.47. The van der Waals surface area contributed by atoms with E-state index in [1.54, 1.807) is 18.2 Å². The molecule has 1 aromatic heterocycles. The number of hydrogen-bond acceptors (Lipinski definition) is 3. The van der Waals surface area contributed by atoms with Gasteiger partial charge in [0, 0.05) is 4.47 Å². The van der Waals surface area contributed by atoms with Crippen molar-refractivity contribution in [1.82, 2.24) is 9.78 Å². The lowest BCUT2D eigenvalue weighted by Gasteiger charge is -2.08. The molecule has 0 saturated heterocycles. The molecule has 3 aromatic carbocycles. The molecule has 162 valence electrons. The SMILES string of the molecule is O=C(Nc1ccc(Br)cc1F)c1nn(-c2ccc(F)cc2)cc1OCc1ccc(F)cc1. The van der Waals surface area contributed by atoms with Crippen molar-refractivity contribution in [2.75, 3.05) is 5.32 Å². The van der Waals surface area contributed by atoms with Crippen molar-refractivity contribution in [3.8, 4) is 11.4 Å². The average molecular weight is 502 g/mol. The molecule has 4 rings (SSSR count). The number of nitrogens with one attached hydrogen (secondary N) is 1. The lowest BCUT2D eigenvalue weighted by molar-refractivity contribution is 0.101. The summed E-state index contributed by atoms with van der Waals surface area (Å²) in [5.74, 6) is -2.00. The van der Waals surface area contributed by atoms with Gasteiger partial charge in [0.15, 0.2) is 11.4 Å². The molecule has 0 fully saturated rings. The summed E-state index contributed by atoms with van der Waals surface area (Å²) in [6.07, 6.45) is 1.46. The molecule has 0 spiro atoms. The van der Waals surface area contributed by atoms with Gasteiger partial charge in [-0.3, -0.25) is 4.79 Å². The highest BCUT2D eigenvalue weighted by molar-refractivity contribution is 9.10. The first-order valence-corrected chi connectivity index (χ1v) is 10.2. The van der Waals surface area contributed by atoms with Crippen molar-refractivity contribution in [2.24, 2.45) is 0 Å². The Kier molecular flexibility index (Phi) is 6.27. The van der Waals surface area contributed by atoms with Gasteiger partial charge >= 0.3 is 0 Å². The highest BCUT2D eigenvalue weighted by Crippen LogP contribution is 2.25. The van der Waals surface area contributed by atoms with Gasteiger partial charge in [0.05, 0.1) is 17.6 Å². The summed E-state index contributed by atoms with van der Waals surface area (Å²) in [5.41, 5.74) is 1.04. The molecule has 0 bridgehead atoms. The van der Waals surface area contributed by atoms with Gasteiger partial charge in [0.2, 0.25) is 0 Å². The van der Waals surface area contributed by atoms with Crippen LogP contribution in [-0.2, 0) is 6.61 Å². The van der Waals surface area contributed by atoms with Crippen LogP contribution in [0.1, 0.15) is 16.1 Å². The van der Waals surface area contributed by atoms with Crippen molar-refractivity contribution < 1.29 is 22.7 Å². The van der Waals surface area contributed by atoms with E-state index in [-0.39, 0.29) is 29.6 Å². The van der Waals surface area contributed by atoms with E-state index in [4.69, 9.17) is 4.74 Å². The van der Waals surface area contributed by atoms with Gasteiger partial charge in [-0.2, -0.15) is 5.10 Å². The summed E-state index contributed by atoms with van der Waals surface area (Å²) < 4.78 is 48.2. The quantitative estimate of drug-likeness (QED) is 0.358. The molecule has 0 aliphatic rings. The zero-order chi connectivity index (χ0) is 22.7. The topological polar surface area (TPSA) is 56.2 Å². The van der Waals surface area contributed by atoms with E-state index in [1.807, 2.05) is 0 Å². The van der Waals surface area contributed by atoms with Gasteiger partial charge in [-0.25, -0.2) is 17.9 Å². The maximum Gasteiger partial charge on any atom is 0.280 e. The lowest BCUT2D eigenvalue weighted by Crippen LogP contribution is -2.15. The number of ether oxygens (including phenoxy) is 1. The normalized spacial score (nSPS) is 10.8. The predicted octanol–water partition coefficient (Wildman–Crippen LogP) is 5.88. The second-order valence-electron chi connectivity index (χ2n) is 6.76. The lowest BCUT2D eigenvalue weighted by atomic mass is 10.2. The molecule has 1 amide bonds. The maximum absolute atomic E-state index is 14.2. The summed E-state index contributed by atoms with van der Waals surface area (Å²) in [5, 5.41) is 6.72. The Morgan fingerprint density at radius 1 is 0.969 bits per heavy atom. The van der Waals surface area contributed by atoms with Gasteiger partial charge in [0.25, 0.3) is 5.91 Å². The molecule has 9 heteroatoms. The zero-order valence-electron chi connectivity index (χ0n) is 16.4. The summed E-state index contributed by atoms with van der Waals surface area (Å²) in [4.78, 5) is 12.9. The molecule has 1 N–H and O–H groups in total. The van der Waals surface area contributed by atoms with Crippen LogP contribution in [0.25, 0.3) is 5.69 Å². The van der Waals surface area contributed by atoms with Crippen molar-refractivity contribution in [3.05, 3.63) is 106 Å². The second-order valence-corrected chi connectivity index (χ2v) is 7.67. The zero-order valence-corrected chi connectivity index (χ0v) is 17.9. The van der Waals surface area contributed by atoms with Gasteiger partial charge in [-0.15, -0.1) is 0 Å². The van der Waals surface area contributed by atoms with Crippen LogP contribution in [0.3, 0.4) is 0 Å². The number of carbonyl (C=O) groups excluding carboxylic acids is 1. The number of aromatic nitrogens is 2. The van der Waals surface area contributed by atoms with Crippen LogP contribution in [0.15, 0.2) is 77.4 Å². The largest absolute Gasteiger partial charge is 0.485 e. The summed E-state index contributed by atoms with van der Waals surface area (Å²) in [6.45, 7) is 0.0440. The molecule has 5 nitrogen and oxygen atoms in total. The number of amides is 1. The molecule has 32 heavy (non-hydrogen) atoms. The Morgan fingerprint density at radius 3 is 2.28 bits per heavy atom. The van der Waals surface area contributed by atoms with Crippen molar-refractivity contribution in [2.45, 2.75) is 6.61 Å². The monoisotopic (exact) mass is 501 g/mol. The van der Waals surface area contributed by atoms with Gasteiger partial charge < -0.3 is 10.1 Å². The van der Waals surface area contributed by atoms with Crippen molar-refractivity contribution in [1.29, 1.82) is 0 Å². The number of halogens is 4. The van der Waals surface area contributed by atoms with E-state index in [2.05, 4.69) is 26.3 Å². The van der Waals surface area contributed by atoms with Crippen LogP contribution in [0.2, 0.25) is 0 Å². The molecule has 0 aliphatic carbocycles. The predicted molar refractivity (Wildman–Crippen MR) is 116 cm³/mol. The summed E-state index contributed by atoms with van der Waals surface area (Å²) >= 11 is 3.16. The second kappa shape index (κ2) is 9.27. The highest BCUT2D eigenvalue weighted by atomic mass is 79.9. The van der Waals surface area contributed by atoms with Gasteiger partial charge in [-0.1, -0.05) is 28.1 Å². The van der Waals surface area contributed by atoms with Crippen molar-refractivity contribution >= 4 is 27.5 Å². The third kappa shape index (κ3) is 5.00. The Hall–Kier alpha value is -3.59. The first-order valence-electron chi connectivity index (χ1n) is 9.38. The van der Waals surface area contributed by atoms with E-state index < -0.39 is 17.5 Å². The van der Waals surface area contributed by atoms with Crippen LogP contribution < -0.4 is 10.1 Å². The van der Waals surface area contributed by atoms with Crippen LogP contribution in [0.4, 0.5) is 18.9 Å². The minimum absolute atomic E-state index is 0.0287. The van der Waals surface area contributed by atoms with Crippen molar-refractivity contribution in [3.63, 3.8) is 0 Å². The van der Waals surface area contributed by atoms with Gasteiger partial charge in [-0.05, 0) is 60.2 Å². The minimum atomic E-state index is -0.693. The van der Waals surface area contributed by atoms with E-state index in [1.165, 1.54) is 59.4 Å². The number of rotatable bonds is 6. The molecule has 0 aliphatic heterocycles.